The summed E-state index contributed by atoms with van der Waals surface area (Å²) in [5, 5.41) is 8.73. The Kier molecular flexibility index (Phi) is 5.91. The first-order valence-electron chi connectivity index (χ1n) is 7.18. The van der Waals surface area contributed by atoms with E-state index >= 15 is 0 Å². The quantitative estimate of drug-likeness (QED) is 0.614. The SMILES string of the molecule is COc1ccc(C#CCCO)cc1COCCC1CC1. The summed E-state index contributed by atoms with van der Waals surface area (Å²) in [4.78, 5) is 0. The third kappa shape index (κ3) is 4.88. The van der Waals surface area contributed by atoms with Gasteiger partial charge in [-0.2, -0.15) is 0 Å². The number of aliphatic hydroxyl groups is 1. The van der Waals surface area contributed by atoms with Crippen LogP contribution in [0.2, 0.25) is 0 Å². The number of hydrogen-bond donors (Lipinski definition) is 1. The molecule has 1 aromatic carbocycles. The van der Waals surface area contributed by atoms with Gasteiger partial charge in [-0.15, -0.1) is 0 Å². The first-order valence-corrected chi connectivity index (χ1v) is 7.18. The van der Waals surface area contributed by atoms with Gasteiger partial charge in [0.15, 0.2) is 0 Å². The lowest BCUT2D eigenvalue weighted by atomic mass is 10.1. The first-order chi connectivity index (χ1) is 9.83. The van der Waals surface area contributed by atoms with Gasteiger partial charge in [-0.05, 0) is 30.5 Å². The van der Waals surface area contributed by atoms with Gasteiger partial charge in [0.05, 0.1) is 20.3 Å². The Hall–Kier alpha value is -1.50. The average molecular weight is 274 g/mol. The van der Waals surface area contributed by atoms with Crippen LogP contribution in [0.5, 0.6) is 5.75 Å². The van der Waals surface area contributed by atoms with E-state index in [1.165, 1.54) is 12.8 Å². The van der Waals surface area contributed by atoms with Crippen molar-refractivity contribution in [3.8, 4) is 17.6 Å². The van der Waals surface area contributed by atoms with Crippen LogP contribution in [0.15, 0.2) is 18.2 Å². The third-order valence-electron chi connectivity index (χ3n) is 3.37. The van der Waals surface area contributed by atoms with Gasteiger partial charge in [0, 0.05) is 24.2 Å². The Bertz CT molecular complexity index is 481. The number of benzene rings is 1. The summed E-state index contributed by atoms with van der Waals surface area (Å²) < 4.78 is 11.1. The zero-order valence-electron chi connectivity index (χ0n) is 12.0. The molecule has 1 fully saturated rings. The molecule has 0 radical (unpaired) electrons. The van der Waals surface area contributed by atoms with E-state index in [4.69, 9.17) is 14.6 Å². The van der Waals surface area contributed by atoms with E-state index in [2.05, 4.69) is 11.8 Å². The first kappa shape index (κ1) is 14.9. The molecule has 0 amide bonds. The van der Waals surface area contributed by atoms with Crippen LogP contribution in [-0.4, -0.2) is 25.4 Å². The summed E-state index contributed by atoms with van der Waals surface area (Å²) in [6.45, 7) is 1.47. The van der Waals surface area contributed by atoms with Gasteiger partial charge in [0.1, 0.15) is 5.75 Å². The van der Waals surface area contributed by atoms with E-state index in [1.807, 2.05) is 18.2 Å². The molecule has 0 saturated heterocycles. The molecule has 20 heavy (non-hydrogen) atoms. The van der Waals surface area contributed by atoms with Crippen molar-refractivity contribution in [1.29, 1.82) is 0 Å². The summed E-state index contributed by atoms with van der Waals surface area (Å²) in [5.41, 5.74) is 1.96. The minimum atomic E-state index is 0.0975. The average Bonchev–Trinajstić information content (AvgIpc) is 3.28. The topological polar surface area (TPSA) is 38.7 Å². The Morgan fingerprint density at radius 2 is 2.20 bits per heavy atom. The van der Waals surface area contributed by atoms with Crippen LogP contribution in [0.25, 0.3) is 0 Å². The van der Waals surface area contributed by atoms with Crippen LogP contribution in [0, 0.1) is 17.8 Å². The van der Waals surface area contributed by atoms with Crippen LogP contribution in [0.1, 0.15) is 36.8 Å². The Morgan fingerprint density at radius 1 is 1.35 bits per heavy atom. The van der Waals surface area contributed by atoms with E-state index in [-0.39, 0.29) is 6.61 Å². The highest BCUT2D eigenvalue weighted by Crippen LogP contribution is 2.32. The summed E-state index contributed by atoms with van der Waals surface area (Å²) in [6, 6.07) is 5.85. The number of methoxy groups -OCH3 is 1. The molecule has 0 aliphatic heterocycles. The molecule has 0 aromatic heterocycles. The van der Waals surface area contributed by atoms with Crippen molar-refractivity contribution in [3.63, 3.8) is 0 Å². The second-order valence-electron chi connectivity index (χ2n) is 5.09. The molecular formula is C17H22O3. The molecule has 0 heterocycles. The van der Waals surface area contributed by atoms with Crippen molar-refractivity contribution in [2.75, 3.05) is 20.3 Å². The van der Waals surface area contributed by atoms with E-state index in [0.29, 0.717) is 13.0 Å². The van der Waals surface area contributed by atoms with E-state index in [9.17, 15) is 0 Å². The Morgan fingerprint density at radius 3 is 2.90 bits per heavy atom. The maximum atomic E-state index is 8.73. The standard InChI is InChI=1S/C17H22O3/c1-19-17-8-7-15(4-2-3-10-18)12-16(17)13-20-11-9-14-5-6-14/h7-8,12,14,18H,3,5-6,9-11,13H2,1H3. The van der Waals surface area contributed by atoms with Crippen LogP contribution >= 0.6 is 0 Å². The number of hydrogen-bond acceptors (Lipinski definition) is 3. The molecule has 3 heteroatoms. The fourth-order valence-corrected chi connectivity index (χ4v) is 2.03. The molecule has 1 aliphatic rings. The van der Waals surface area contributed by atoms with Crippen LogP contribution in [0.3, 0.4) is 0 Å². The minimum absolute atomic E-state index is 0.0975. The fraction of sp³-hybridized carbons (Fsp3) is 0.529. The highest BCUT2D eigenvalue weighted by atomic mass is 16.5. The van der Waals surface area contributed by atoms with Crippen molar-refractivity contribution in [3.05, 3.63) is 29.3 Å². The normalized spacial score (nSPS) is 13.7. The zero-order chi connectivity index (χ0) is 14.2. The predicted octanol–water partition coefficient (Wildman–Crippen LogP) is 2.75. The molecule has 0 bridgehead atoms. The summed E-state index contributed by atoms with van der Waals surface area (Å²) in [5.74, 6) is 7.69. The van der Waals surface area contributed by atoms with Gasteiger partial charge in [0.25, 0.3) is 0 Å². The fourth-order valence-electron chi connectivity index (χ4n) is 2.03. The van der Waals surface area contributed by atoms with Gasteiger partial charge >= 0.3 is 0 Å². The lowest BCUT2D eigenvalue weighted by molar-refractivity contribution is 0.113. The van der Waals surface area contributed by atoms with Crippen molar-refractivity contribution < 1.29 is 14.6 Å². The molecule has 0 spiro atoms. The van der Waals surface area contributed by atoms with E-state index in [1.54, 1.807) is 7.11 Å². The van der Waals surface area contributed by atoms with Crippen molar-refractivity contribution in [2.45, 2.75) is 32.3 Å². The zero-order valence-corrected chi connectivity index (χ0v) is 12.0. The van der Waals surface area contributed by atoms with Crippen LogP contribution in [-0.2, 0) is 11.3 Å². The monoisotopic (exact) mass is 274 g/mol. The van der Waals surface area contributed by atoms with Gasteiger partial charge in [-0.3, -0.25) is 0 Å². The van der Waals surface area contributed by atoms with E-state index in [0.717, 1.165) is 35.8 Å². The van der Waals surface area contributed by atoms with Crippen molar-refractivity contribution in [2.24, 2.45) is 5.92 Å². The Balaban J connectivity index is 1.92. The highest BCUT2D eigenvalue weighted by molar-refractivity contribution is 5.44. The number of rotatable bonds is 7. The minimum Gasteiger partial charge on any atom is -0.496 e. The van der Waals surface area contributed by atoms with Crippen molar-refractivity contribution >= 4 is 0 Å². The molecule has 2 rings (SSSR count). The maximum absolute atomic E-state index is 8.73. The molecule has 1 aliphatic carbocycles. The second kappa shape index (κ2) is 7.94. The highest BCUT2D eigenvalue weighted by Gasteiger charge is 2.20. The third-order valence-corrected chi connectivity index (χ3v) is 3.37. The maximum Gasteiger partial charge on any atom is 0.124 e. The Labute approximate surface area is 120 Å². The van der Waals surface area contributed by atoms with Crippen molar-refractivity contribution in [1.82, 2.24) is 0 Å². The molecule has 3 nitrogen and oxygen atoms in total. The smallest absolute Gasteiger partial charge is 0.124 e. The molecule has 1 aromatic rings. The lowest BCUT2D eigenvalue weighted by Crippen LogP contribution is -1.99. The predicted molar refractivity (Wildman–Crippen MR) is 78.6 cm³/mol. The molecular weight excluding hydrogens is 252 g/mol. The molecule has 0 unspecified atom stereocenters. The molecule has 0 atom stereocenters. The van der Waals surface area contributed by atoms with Gasteiger partial charge in [-0.25, -0.2) is 0 Å². The number of aliphatic hydroxyl groups excluding tert-OH is 1. The molecule has 108 valence electrons. The largest absolute Gasteiger partial charge is 0.496 e. The van der Waals surface area contributed by atoms with Crippen LogP contribution in [0.4, 0.5) is 0 Å². The molecule has 1 saturated carbocycles. The number of ether oxygens (including phenoxy) is 2. The lowest BCUT2D eigenvalue weighted by Gasteiger charge is -2.09. The van der Waals surface area contributed by atoms with E-state index < -0.39 is 0 Å². The summed E-state index contributed by atoms with van der Waals surface area (Å²) >= 11 is 0. The summed E-state index contributed by atoms with van der Waals surface area (Å²) in [7, 11) is 1.67. The van der Waals surface area contributed by atoms with Gasteiger partial charge < -0.3 is 14.6 Å². The molecule has 1 N–H and O–H groups in total. The summed E-state index contributed by atoms with van der Waals surface area (Å²) in [6.07, 6.45) is 4.39. The van der Waals surface area contributed by atoms with Gasteiger partial charge in [-0.1, -0.05) is 24.7 Å². The van der Waals surface area contributed by atoms with Crippen LogP contribution < -0.4 is 4.74 Å². The van der Waals surface area contributed by atoms with Gasteiger partial charge in [0.2, 0.25) is 0 Å². The second-order valence-corrected chi connectivity index (χ2v) is 5.09.